The van der Waals surface area contributed by atoms with Gasteiger partial charge in [-0.1, -0.05) is 19.8 Å². The fourth-order valence-corrected chi connectivity index (χ4v) is 2.00. The number of hydrogen-bond acceptors (Lipinski definition) is 3. The molecule has 1 fully saturated rings. The Labute approximate surface area is 86.6 Å². The van der Waals surface area contributed by atoms with E-state index in [0.29, 0.717) is 18.6 Å². The van der Waals surface area contributed by atoms with E-state index in [1.54, 1.807) is 0 Å². The minimum atomic E-state index is 0.208. The van der Waals surface area contributed by atoms with Crippen molar-refractivity contribution in [3.05, 3.63) is 0 Å². The first-order chi connectivity index (χ1) is 6.77. The van der Waals surface area contributed by atoms with Gasteiger partial charge in [-0.3, -0.25) is 0 Å². The van der Waals surface area contributed by atoms with Crippen molar-refractivity contribution in [3.8, 4) is 0 Å². The summed E-state index contributed by atoms with van der Waals surface area (Å²) in [6.07, 6.45) is 5.23. The molecule has 3 heteroatoms. The van der Waals surface area contributed by atoms with Crippen molar-refractivity contribution in [1.82, 2.24) is 0 Å². The number of hydrogen-bond donors (Lipinski definition) is 2. The van der Waals surface area contributed by atoms with Crippen molar-refractivity contribution < 1.29 is 9.84 Å². The Bertz CT molecular complexity index is 152. The summed E-state index contributed by atoms with van der Waals surface area (Å²) in [6.45, 7) is 3.61. The van der Waals surface area contributed by atoms with Gasteiger partial charge < -0.3 is 15.6 Å². The lowest BCUT2D eigenvalue weighted by atomic mass is 9.86. The van der Waals surface area contributed by atoms with Crippen molar-refractivity contribution >= 4 is 0 Å². The topological polar surface area (TPSA) is 55.5 Å². The lowest BCUT2D eigenvalue weighted by Gasteiger charge is -2.31. The predicted molar refractivity (Wildman–Crippen MR) is 57.0 cm³/mol. The van der Waals surface area contributed by atoms with Gasteiger partial charge in [0.05, 0.1) is 12.7 Å². The standard InChI is InChI=1S/C11H23NO2/c1-9(7-13)8-14-11-5-3-2-4-10(11)6-12/h9-11,13H,2-8,12H2,1H3. The van der Waals surface area contributed by atoms with E-state index in [1.807, 2.05) is 6.92 Å². The molecule has 0 aromatic carbocycles. The Kier molecular flexibility index (Phi) is 5.45. The molecule has 3 nitrogen and oxygen atoms in total. The molecule has 3 N–H and O–H groups in total. The van der Waals surface area contributed by atoms with Crippen molar-refractivity contribution in [2.45, 2.75) is 38.7 Å². The van der Waals surface area contributed by atoms with E-state index in [2.05, 4.69) is 0 Å². The molecule has 0 aromatic heterocycles. The van der Waals surface area contributed by atoms with Crippen LogP contribution in [0.1, 0.15) is 32.6 Å². The lowest BCUT2D eigenvalue weighted by molar-refractivity contribution is -0.0290. The fraction of sp³-hybridized carbons (Fsp3) is 1.00. The highest BCUT2D eigenvalue weighted by Gasteiger charge is 2.24. The molecule has 0 aromatic rings. The van der Waals surface area contributed by atoms with Crippen molar-refractivity contribution in [3.63, 3.8) is 0 Å². The van der Waals surface area contributed by atoms with Gasteiger partial charge >= 0.3 is 0 Å². The number of aliphatic hydroxyl groups is 1. The second-order valence-electron chi connectivity index (χ2n) is 4.44. The van der Waals surface area contributed by atoms with Gasteiger partial charge in [0.15, 0.2) is 0 Å². The SMILES string of the molecule is CC(CO)COC1CCCCC1CN. The van der Waals surface area contributed by atoms with Gasteiger partial charge in [0, 0.05) is 12.5 Å². The maximum absolute atomic E-state index is 8.88. The highest BCUT2D eigenvalue weighted by atomic mass is 16.5. The van der Waals surface area contributed by atoms with Crippen LogP contribution >= 0.6 is 0 Å². The molecule has 0 bridgehead atoms. The maximum atomic E-state index is 8.88. The first-order valence-corrected chi connectivity index (χ1v) is 5.70. The summed E-state index contributed by atoms with van der Waals surface area (Å²) in [5.41, 5.74) is 5.70. The quantitative estimate of drug-likeness (QED) is 0.701. The second kappa shape index (κ2) is 6.38. The molecule has 3 atom stereocenters. The summed E-state index contributed by atoms with van der Waals surface area (Å²) < 4.78 is 5.80. The normalized spacial score (nSPS) is 30.2. The van der Waals surface area contributed by atoms with Crippen molar-refractivity contribution in [1.29, 1.82) is 0 Å². The van der Waals surface area contributed by atoms with Gasteiger partial charge in [0.2, 0.25) is 0 Å². The summed E-state index contributed by atoms with van der Waals surface area (Å²) >= 11 is 0. The third-order valence-electron chi connectivity index (χ3n) is 3.05. The van der Waals surface area contributed by atoms with Crippen molar-refractivity contribution in [2.75, 3.05) is 19.8 Å². The van der Waals surface area contributed by atoms with Gasteiger partial charge in [0.25, 0.3) is 0 Å². The molecule has 1 aliphatic carbocycles. The minimum Gasteiger partial charge on any atom is -0.396 e. The molecule has 14 heavy (non-hydrogen) atoms. The van der Waals surface area contributed by atoms with Crippen LogP contribution in [0.4, 0.5) is 0 Å². The largest absolute Gasteiger partial charge is 0.396 e. The molecular weight excluding hydrogens is 178 g/mol. The van der Waals surface area contributed by atoms with Crippen LogP contribution in [0.5, 0.6) is 0 Å². The first-order valence-electron chi connectivity index (χ1n) is 5.70. The molecule has 0 spiro atoms. The van der Waals surface area contributed by atoms with Gasteiger partial charge in [-0.15, -0.1) is 0 Å². The van der Waals surface area contributed by atoms with Crippen LogP contribution < -0.4 is 5.73 Å². The minimum absolute atomic E-state index is 0.208. The van der Waals surface area contributed by atoms with E-state index in [1.165, 1.54) is 19.3 Å². The summed E-state index contributed by atoms with van der Waals surface area (Å²) in [6, 6.07) is 0. The van der Waals surface area contributed by atoms with Crippen LogP contribution in [0.2, 0.25) is 0 Å². The lowest BCUT2D eigenvalue weighted by Crippen LogP contribution is -2.34. The van der Waals surface area contributed by atoms with Gasteiger partial charge in [-0.2, -0.15) is 0 Å². The van der Waals surface area contributed by atoms with Crippen LogP contribution in [0.25, 0.3) is 0 Å². The van der Waals surface area contributed by atoms with Crippen LogP contribution in [-0.4, -0.2) is 31.0 Å². The maximum Gasteiger partial charge on any atom is 0.0615 e. The number of rotatable bonds is 5. The summed E-state index contributed by atoms with van der Waals surface area (Å²) in [7, 11) is 0. The average molecular weight is 201 g/mol. The third-order valence-corrected chi connectivity index (χ3v) is 3.05. The van der Waals surface area contributed by atoms with Crippen LogP contribution in [0.15, 0.2) is 0 Å². The van der Waals surface area contributed by atoms with Gasteiger partial charge in [-0.05, 0) is 25.3 Å². The molecule has 0 radical (unpaired) electrons. The monoisotopic (exact) mass is 201 g/mol. The van der Waals surface area contributed by atoms with E-state index >= 15 is 0 Å². The Morgan fingerprint density at radius 1 is 1.43 bits per heavy atom. The number of ether oxygens (including phenoxy) is 1. The molecule has 0 heterocycles. The van der Waals surface area contributed by atoms with E-state index < -0.39 is 0 Å². The van der Waals surface area contributed by atoms with E-state index in [0.717, 1.165) is 13.0 Å². The molecule has 0 amide bonds. The highest BCUT2D eigenvalue weighted by molar-refractivity contribution is 4.76. The second-order valence-corrected chi connectivity index (χ2v) is 4.44. The zero-order valence-electron chi connectivity index (χ0n) is 9.11. The molecule has 3 unspecified atom stereocenters. The Hall–Kier alpha value is -0.120. The Balaban J connectivity index is 2.26. The molecule has 84 valence electrons. The first kappa shape index (κ1) is 12.0. The van der Waals surface area contributed by atoms with Crippen molar-refractivity contribution in [2.24, 2.45) is 17.6 Å². The number of aliphatic hydroxyl groups excluding tert-OH is 1. The molecular formula is C11H23NO2. The molecule has 0 saturated heterocycles. The zero-order valence-corrected chi connectivity index (χ0v) is 9.11. The van der Waals surface area contributed by atoms with E-state index in [9.17, 15) is 0 Å². The van der Waals surface area contributed by atoms with Crippen LogP contribution in [-0.2, 0) is 4.74 Å². The smallest absolute Gasteiger partial charge is 0.0615 e. The number of nitrogens with two attached hydrogens (primary N) is 1. The van der Waals surface area contributed by atoms with Crippen LogP contribution in [0, 0.1) is 11.8 Å². The van der Waals surface area contributed by atoms with E-state index in [4.69, 9.17) is 15.6 Å². The molecule has 1 saturated carbocycles. The van der Waals surface area contributed by atoms with Gasteiger partial charge in [-0.25, -0.2) is 0 Å². The molecule has 0 aliphatic heterocycles. The summed E-state index contributed by atoms with van der Waals surface area (Å²) in [5, 5.41) is 8.88. The van der Waals surface area contributed by atoms with E-state index in [-0.39, 0.29) is 12.5 Å². The van der Waals surface area contributed by atoms with Gasteiger partial charge in [0.1, 0.15) is 0 Å². The highest BCUT2D eigenvalue weighted by Crippen LogP contribution is 2.26. The molecule has 1 aliphatic rings. The average Bonchev–Trinajstić information content (AvgIpc) is 2.26. The summed E-state index contributed by atoms with van der Waals surface area (Å²) in [5.74, 6) is 0.782. The fourth-order valence-electron chi connectivity index (χ4n) is 2.00. The Morgan fingerprint density at radius 2 is 2.14 bits per heavy atom. The zero-order chi connectivity index (χ0) is 10.4. The molecule has 1 rings (SSSR count). The van der Waals surface area contributed by atoms with Crippen LogP contribution in [0.3, 0.4) is 0 Å². The Morgan fingerprint density at radius 3 is 2.79 bits per heavy atom. The third kappa shape index (κ3) is 3.56. The summed E-state index contributed by atoms with van der Waals surface area (Å²) in [4.78, 5) is 0. The predicted octanol–water partition coefficient (Wildman–Crippen LogP) is 1.15.